The molecular formula is C10H14BrN3O4S. The highest BCUT2D eigenvalue weighted by atomic mass is 79.9. The van der Waals surface area contributed by atoms with E-state index in [-0.39, 0.29) is 12.3 Å². The summed E-state index contributed by atoms with van der Waals surface area (Å²) in [5, 5.41) is 0. The summed E-state index contributed by atoms with van der Waals surface area (Å²) in [6, 6.07) is 3.11. The summed E-state index contributed by atoms with van der Waals surface area (Å²) >= 11 is 3.20. The molecule has 4 N–H and O–H groups in total. The molecule has 19 heavy (non-hydrogen) atoms. The third kappa shape index (κ3) is 4.60. The monoisotopic (exact) mass is 351 g/mol. The SMILES string of the molecule is CCOC(=O)NS(=O)(=O)Nc1cc(N)c(C)cc1Br. The predicted molar refractivity (Wildman–Crippen MR) is 76.0 cm³/mol. The van der Waals surface area contributed by atoms with Gasteiger partial charge in [-0.2, -0.15) is 8.42 Å². The number of aryl methyl sites for hydroxylation is 1. The van der Waals surface area contributed by atoms with Crippen LogP contribution in [-0.2, 0) is 14.9 Å². The molecule has 0 atom stereocenters. The number of benzene rings is 1. The number of hydrogen-bond donors (Lipinski definition) is 3. The molecule has 0 saturated carbocycles. The van der Waals surface area contributed by atoms with Crippen LogP contribution in [0.25, 0.3) is 0 Å². The summed E-state index contributed by atoms with van der Waals surface area (Å²) in [6.45, 7) is 3.43. The van der Waals surface area contributed by atoms with Gasteiger partial charge in [-0.3, -0.25) is 4.72 Å². The molecule has 9 heteroatoms. The van der Waals surface area contributed by atoms with Crippen molar-refractivity contribution >= 4 is 43.6 Å². The molecular weight excluding hydrogens is 338 g/mol. The molecule has 1 amide bonds. The van der Waals surface area contributed by atoms with E-state index >= 15 is 0 Å². The number of nitrogen functional groups attached to an aromatic ring is 1. The average molecular weight is 352 g/mol. The number of ether oxygens (including phenoxy) is 1. The van der Waals surface area contributed by atoms with Crippen molar-refractivity contribution in [3.05, 3.63) is 22.2 Å². The highest BCUT2D eigenvalue weighted by Gasteiger charge is 2.16. The minimum Gasteiger partial charge on any atom is -0.449 e. The Morgan fingerprint density at radius 1 is 1.47 bits per heavy atom. The lowest BCUT2D eigenvalue weighted by molar-refractivity contribution is 0.159. The zero-order chi connectivity index (χ0) is 14.6. The third-order valence-electron chi connectivity index (χ3n) is 2.09. The van der Waals surface area contributed by atoms with Gasteiger partial charge < -0.3 is 10.5 Å². The number of nitrogens with two attached hydrogens (primary N) is 1. The number of amides is 1. The van der Waals surface area contributed by atoms with Gasteiger partial charge in [0.25, 0.3) is 0 Å². The molecule has 0 aliphatic heterocycles. The Kier molecular flexibility index (Phi) is 5.01. The second-order valence-electron chi connectivity index (χ2n) is 3.62. The molecule has 0 fully saturated rings. The first-order valence-corrected chi connectivity index (χ1v) is 7.55. The first-order chi connectivity index (χ1) is 8.75. The number of anilines is 2. The maximum atomic E-state index is 11.6. The first kappa shape index (κ1) is 15.6. The van der Waals surface area contributed by atoms with Crippen molar-refractivity contribution in [3.63, 3.8) is 0 Å². The maximum Gasteiger partial charge on any atom is 0.422 e. The normalized spacial score (nSPS) is 10.9. The molecule has 7 nitrogen and oxygen atoms in total. The predicted octanol–water partition coefficient (Wildman–Crippen LogP) is 1.74. The van der Waals surface area contributed by atoms with Crippen molar-refractivity contribution < 1.29 is 17.9 Å². The van der Waals surface area contributed by atoms with Gasteiger partial charge in [0.05, 0.1) is 12.3 Å². The summed E-state index contributed by atoms with van der Waals surface area (Å²) < 4.78 is 32.2. The molecule has 1 aromatic rings. The molecule has 0 spiro atoms. The number of hydrogen-bond acceptors (Lipinski definition) is 5. The van der Waals surface area contributed by atoms with Gasteiger partial charge in [-0.25, -0.2) is 9.52 Å². The zero-order valence-corrected chi connectivity index (χ0v) is 12.8. The van der Waals surface area contributed by atoms with Crippen LogP contribution in [0.1, 0.15) is 12.5 Å². The molecule has 0 unspecified atom stereocenters. The lowest BCUT2D eigenvalue weighted by Crippen LogP contribution is -2.35. The van der Waals surface area contributed by atoms with E-state index in [1.165, 1.54) is 6.07 Å². The molecule has 0 radical (unpaired) electrons. The summed E-state index contributed by atoms with van der Waals surface area (Å²) in [5.74, 6) is 0. The van der Waals surface area contributed by atoms with Crippen molar-refractivity contribution in [2.75, 3.05) is 17.1 Å². The van der Waals surface area contributed by atoms with Crippen LogP contribution in [0.5, 0.6) is 0 Å². The zero-order valence-electron chi connectivity index (χ0n) is 10.4. The molecule has 0 aliphatic rings. The Morgan fingerprint density at radius 3 is 2.68 bits per heavy atom. The van der Waals surface area contributed by atoms with Crippen LogP contribution in [0.15, 0.2) is 16.6 Å². The van der Waals surface area contributed by atoms with Gasteiger partial charge in [0.15, 0.2) is 0 Å². The first-order valence-electron chi connectivity index (χ1n) is 5.28. The molecule has 0 aliphatic carbocycles. The van der Waals surface area contributed by atoms with Crippen molar-refractivity contribution in [2.24, 2.45) is 0 Å². The van der Waals surface area contributed by atoms with E-state index in [1.807, 2.05) is 0 Å². The van der Waals surface area contributed by atoms with E-state index < -0.39 is 16.3 Å². The number of carbonyl (C=O) groups excluding carboxylic acids is 1. The molecule has 1 aromatic carbocycles. The van der Waals surface area contributed by atoms with Crippen molar-refractivity contribution in [2.45, 2.75) is 13.8 Å². The quantitative estimate of drug-likeness (QED) is 0.715. The standard InChI is InChI=1S/C10H14BrN3O4S/c1-3-18-10(15)14-19(16,17)13-9-5-8(12)6(2)4-7(9)11/h4-5,13H,3,12H2,1-2H3,(H,14,15). The Labute approximate surface area is 119 Å². The van der Waals surface area contributed by atoms with Crippen LogP contribution < -0.4 is 15.2 Å². The van der Waals surface area contributed by atoms with Crippen molar-refractivity contribution in [1.29, 1.82) is 0 Å². The van der Waals surface area contributed by atoms with E-state index in [0.717, 1.165) is 5.56 Å². The van der Waals surface area contributed by atoms with Gasteiger partial charge in [-0.05, 0) is 47.5 Å². The number of carbonyl (C=O) groups is 1. The molecule has 0 bridgehead atoms. The van der Waals surface area contributed by atoms with Gasteiger partial charge in [0, 0.05) is 10.2 Å². The van der Waals surface area contributed by atoms with Gasteiger partial charge in [0.1, 0.15) is 0 Å². The van der Waals surface area contributed by atoms with E-state index in [0.29, 0.717) is 10.2 Å². The third-order valence-corrected chi connectivity index (χ3v) is 3.67. The molecule has 0 saturated heterocycles. The van der Waals surface area contributed by atoms with E-state index in [9.17, 15) is 13.2 Å². The minimum atomic E-state index is -4.07. The minimum absolute atomic E-state index is 0.0720. The van der Waals surface area contributed by atoms with E-state index in [4.69, 9.17) is 5.73 Å². The van der Waals surface area contributed by atoms with Crippen molar-refractivity contribution in [1.82, 2.24) is 4.72 Å². The Bertz CT molecular complexity index is 589. The highest BCUT2D eigenvalue weighted by Crippen LogP contribution is 2.28. The number of nitrogens with one attached hydrogen (secondary N) is 2. The van der Waals surface area contributed by atoms with Crippen molar-refractivity contribution in [3.8, 4) is 0 Å². The van der Waals surface area contributed by atoms with E-state index in [1.54, 1.807) is 24.6 Å². The van der Waals surface area contributed by atoms with Crippen LogP contribution in [0, 0.1) is 6.92 Å². The fourth-order valence-electron chi connectivity index (χ4n) is 1.21. The fraction of sp³-hybridized carbons (Fsp3) is 0.300. The van der Waals surface area contributed by atoms with Gasteiger partial charge in [0.2, 0.25) is 0 Å². The molecule has 106 valence electrons. The second kappa shape index (κ2) is 6.11. The van der Waals surface area contributed by atoms with Crippen LogP contribution in [0.2, 0.25) is 0 Å². The Morgan fingerprint density at radius 2 is 2.11 bits per heavy atom. The van der Waals surface area contributed by atoms with Crippen LogP contribution in [-0.4, -0.2) is 21.1 Å². The van der Waals surface area contributed by atoms with Gasteiger partial charge in [-0.1, -0.05) is 0 Å². The molecule has 0 aromatic heterocycles. The molecule has 1 rings (SSSR count). The average Bonchev–Trinajstić information content (AvgIpc) is 2.24. The fourth-order valence-corrected chi connectivity index (χ4v) is 2.68. The second-order valence-corrected chi connectivity index (χ2v) is 5.89. The topological polar surface area (TPSA) is 111 Å². The number of rotatable bonds is 4. The van der Waals surface area contributed by atoms with Crippen LogP contribution in [0.3, 0.4) is 0 Å². The summed E-state index contributed by atoms with van der Waals surface area (Å²) in [6.07, 6.45) is -1.05. The van der Waals surface area contributed by atoms with Gasteiger partial charge >= 0.3 is 16.3 Å². The maximum absolute atomic E-state index is 11.6. The highest BCUT2D eigenvalue weighted by molar-refractivity contribution is 9.10. The summed E-state index contributed by atoms with van der Waals surface area (Å²) in [4.78, 5) is 11.1. The lowest BCUT2D eigenvalue weighted by Gasteiger charge is -2.12. The van der Waals surface area contributed by atoms with Gasteiger partial charge in [-0.15, -0.1) is 0 Å². The summed E-state index contributed by atoms with van der Waals surface area (Å²) in [7, 11) is -4.07. The van der Waals surface area contributed by atoms with Crippen LogP contribution >= 0.6 is 15.9 Å². The van der Waals surface area contributed by atoms with Crippen LogP contribution in [0.4, 0.5) is 16.2 Å². The smallest absolute Gasteiger partial charge is 0.422 e. The Hall–Kier alpha value is -1.48. The Balaban J connectivity index is 2.90. The lowest BCUT2D eigenvalue weighted by atomic mass is 10.2. The molecule has 0 heterocycles. The van der Waals surface area contributed by atoms with E-state index in [2.05, 4.69) is 25.4 Å². The number of halogens is 1. The largest absolute Gasteiger partial charge is 0.449 e. The summed E-state index contributed by atoms with van der Waals surface area (Å²) in [5.41, 5.74) is 7.14.